The molecule has 170 valence electrons. The summed E-state index contributed by atoms with van der Waals surface area (Å²) >= 11 is 6.08. The Kier molecular flexibility index (Phi) is 6.67. The summed E-state index contributed by atoms with van der Waals surface area (Å²) in [4.78, 5) is 26.9. The number of ketones is 1. The molecule has 0 unspecified atom stereocenters. The summed E-state index contributed by atoms with van der Waals surface area (Å²) in [6.07, 6.45) is 1.96. The first kappa shape index (κ1) is 22.8. The molecular weight excluding hydrogens is 462 g/mol. The molecule has 0 atom stereocenters. The maximum Gasteiger partial charge on any atom is 0.321 e. The highest BCUT2D eigenvalue weighted by molar-refractivity contribution is 7.92. The van der Waals surface area contributed by atoms with Crippen molar-refractivity contribution in [3.8, 4) is 0 Å². The highest BCUT2D eigenvalue weighted by Crippen LogP contribution is 2.26. The van der Waals surface area contributed by atoms with Gasteiger partial charge in [0, 0.05) is 34.9 Å². The molecule has 1 fully saturated rings. The summed E-state index contributed by atoms with van der Waals surface area (Å²) in [6, 6.07) is 18.6. The van der Waals surface area contributed by atoms with E-state index in [9.17, 15) is 18.0 Å². The quantitative estimate of drug-likeness (QED) is 0.482. The predicted octanol–water partition coefficient (Wildman–Crippen LogP) is 5.00. The fourth-order valence-corrected chi connectivity index (χ4v) is 4.83. The smallest absolute Gasteiger partial charge is 0.321 e. The van der Waals surface area contributed by atoms with Crippen LogP contribution in [0, 0.1) is 0 Å². The number of nitrogens with one attached hydrogen (secondary N) is 2. The average Bonchev–Trinajstić information content (AvgIpc) is 3.36. The van der Waals surface area contributed by atoms with Gasteiger partial charge >= 0.3 is 6.03 Å². The van der Waals surface area contributed by atoms with E-state index >= 15 is 0 Å². The SMILES string of the molecule is O=C(c1ccccc1)c1cc(Cl)ccc1NS(=O)(=O)c1ccc(NC(=O)N2CCCC2)cc1. The van der Waals surface area contributed by atoms with Crippen LogP contribution in [0.3, 0.4) is 0 Å². The van der Waals surface area contributed by atoms with Gasteiger partial charge < -0.3 is 10.2 Å². The minimum atomic E-state index is -3.99. The number of anilines is 2. The van der Waals surface area contributed by atoms with Crippen molar-refractivity contribution in [1.29, 1.82) is 0 Å². The fraction of sp³-hybridized carbons (Fsp3) is 0.167. The number of halogens is 1. The van der Waals surface area contributed by atoms with Crippen molar-refractivity contribution in [2.45, 2.75) is 17.7 Å². The summed E-state index contributed by atoms with van der Waals surface area (Å²) in [6.45, 7) is 1.43. The van der Waals surface area contributed by atoms with Crippen molar-refractivity contribution in [3.63, 3.8) is 0 Å². The van der Waals surface area contributed by atoms with Crippen LogP contribution in [0.1, 0.15) is 28.8 Å². The Morgan fingerprint density at radius 3 is 2.21 bits per heavy atom. The number of hydrogen-bond donors (Lipinski definition) is 2. The van der Waals surface area contributed by atoms with E-state index in [1.807, 2.05) is 0 Å². The maximum absolute atomic E-state index is 13.0. The first-order valence-corrected chi connectivity index (χ1v) is 12.3. The molecule has 33 heavy (non-hydrogen) atoms. The average molecular weight is 484 g/mol. The van der Waals surface area contributed by atoms with Crippen LogP contribution < -0.4 is 10.0 Å². The molecule has 9 heteroatoms. The van der Waals surface area contributed by atoms with E-state index in [0.29, 0.717) is 29.4 Å². The van der Waals surface area contributed by atoms with Gasteiger partial charge in [0.15, 0.2) is 5.78 Å². The molecule has 0 aliphatic carbocycles. The molecule has 1 aliphatic heterocycles. The third kappa shape index (κ3) is 5.35. The van der Waals surface area contributed by atoms with Gasteiger partial charge in [0.2, 0.25) is 0 Å². The highest BCUT2D eigenvalue weighted by atomic mass is 35.5. The van der Waals surface area contributed by atoms with Gasteiger partial charge in [0.1, 0.15) is 0 Å². The van der Waals surface area contributed by atoms with Crippen LogP contribution >= 0.6 is 11.6 Å². The Morgan fingerprint density at radius 2 is 1.55 bits per heavy atom. The van der Waals surface area contributed by atoms with Crippen LogP contribution in [0.2, 0.25) is 5.02 Å². The Hall–Kier alpha value is -3.36. The molecule has 3 aromatic rings. The molecule has 0 aromatic heterocycles. The van der Waals surface area contributed by atoms with Gasteiger partial charge in [0.25, 0.3) is 10.0 Å². The lowest BCUT2D eigenvalue weighted by Crippen LogP contribution is -2.32. The van der Waals surface area contributed by atoms with Gasteiger partial charge in [-0.3, -0.25) is 9.52 Å². The molecule has 1 heterocycles. The van der Waals surface area contributed by atoms with Crippen LogP contribution in [0.4, 0.5) is 16.2 Å². The largest absolute Gasteiger partial charge is 0.325 e. The topological polar surface area (TPSA) is 95.6 Å². The number of rotatable bonds is 6. The van der Waals surface area contributed by atoms with E-state index in [2.05, 4.69) is 10.0 Å². The van der Waals surface area contributed by atoms with Gasteiger partial charge in [-0.25, -0.2) is 13.2 Å². The van der Waals surface area contributed by atoms with E-state index in [1.54, 1.807) is 35.2 Å². The number of urea groups is 1. The zero-order chi connectivity index (χ0) is 23.4. The molecule has 1 saturated heterocycles. The highest BCUT2D eigenvalue weighted by Gasteiger charge is 2.21. The molecule has 2 N–H and O–H groups in total. The second kappa shape index (κ2) is 9.64. The van der Waals surface area contributed by atoms with E-state index in [1.165, 1.54) is 42.5 Å². The normalized spacial score (nSPS) is 13.5. The number of sulfonamides is 1. The molecule has 0 bridgehead atoms. The molecule has 2 amide bonds. The number of likely N-dealkylation sites (tertiary alicyclic amines) is 1. The Morgan fingerprint density at radius 1 is 0.879 bits per heavy atom. The first-order valence-electron chi connectivity index (χ1n) is 10.4. The molecule has 4 rings (SSSR count). The van der Waals surface area contributed by atoms with Crippen molar-refractivity contribution in [2.75, 3.05) is 23.1 Å². The number of hydrogen-bond acceptors (Lipinski definition) is 4. The van der Waals surface area contributed by atoms with E-state index < -0.39 is 10.0 Å². The first-order chi connectivity index (χ1) is 15.8. The maximum atomic E-state index is 13.0. The number of benzene rings is 3. The van der Waals surface area contributed by atoms with Crippen molar-refractivity contribution in [1.82, 2.24) is 4.90 Å². The third-order valence-corrected chi connectivity index (χ3v) is 6.93. The lowest BCUT2D eigenvalue weighted by molar-refractivity contribution is 0.103. The van der Waals surface area contributed by atoms with Crippen LogP contribution in [0.15, 0.2) is 77.7 Å². The number of carbonyl (C=O) groups excluding carboxylic acids is 2. The number of amides is 2. The summed E-state index contributed by atoms with van der Waals surface area (Å²) in [5, 5.41) is 3.09. The van der Waals surface area contributed by atoms with Crippen LogP contribution in [0.25, 0.3) is 0 Å². The van der Waals surface area contributed by atoms with Crippen LogP contribution in [-0.4, -0.2) is 38.2 Å². The Bertz CT molecular complexity index is 1270. The van der Waals surface area contributed by atoms with E-state index in [0.717, 1.165) is 12.8 Å². The van der Waals surface area contributed by atoms with Crippen LogP contribution in [0.5, 0.6) is 0 Å². The lowest BCUT2D eigenvalue weighted by atomic mass is 10.0. The monoisotopic (exact) mass is 483 g/mol. The molecule has 7 nitrogen and oxygen atoms in total. The van der Waals surface area contributed by atoms with E-state index in [4.69, 9.17) is 11.6 Å². The number of carbonyl (C=O) groups is 2. The van der Waals surface area contributed by atoms with Crippen LogP contribution in [-0.2, 0) is 10.0 Å². The van der Waals surface area contributed by atoms with Gasteiger partial charge in [-0.15, -0.1) is 0 Å². The van der Waals surface area contributed by atoms with Crippen molar-refractivity contribution in [3.05, 3.63) is 88.9 Å². The summed E-state index contributed by atoms with van der Waals surface area (Å²) in [5.41, 5.74) is 1.18. The second-order valence-corrected chi connectivity index (χ2v) is 9.76. The van der Waals surface area contributed by atoms with Gasteiger partial charge in [0.05, 0.1) is 10.6 Å². The van der Waals surface area contributed by atoms with Crippen molar-refractivity contribution >= 4 is 44.8 Å². The Labute approximate surface area is 197 Å². The molecule has 0 radical (unpaired) electrons. The summed E-state index contributed by atoms with van der Waals surface area (Å²) < 4.78 is 28.5. The minimum absolute atomic E-state index is 0.00488. The van der Waals surface area contributed by atoms with Gasteiger partial charge in [-0.1, -0.05) is 41.9 Å². The molecule has 0 spiro atoms. The molecule has 1 aliphatic rings. The molecular formula is C24H22ClN3O4S. The van der Waals surface area contributed by atoms with Gasteiger partial charge in [-0.05, 0) is 55.3 Å². The summed E-state index contributed by atoms with van der Waals surface area (Å²) in [7, 11) is -3.99. The second-order valence-electron chi connectivity index (χ2n) is 7.64. The van der Waals surface area contributed by atoms with Crippen molar-refractivity contribution in [2.24, 2.45) is 0 Å². The number of nitrogens with zero attached hydrogens (tertiary/aromatic N) is 1. The lowest BCUT2D eigenvalue weighted by Gasteiger charge is -2.16. The van der Waals surface area contributed by atoms with Gasteiger partial charge in [-0.2, -0.15) is 0 Å². The molecule has 3 aromatic carbocycles. The molecule has 0 saturated carbocycles. The minimum Gasteiger partial charge on any atom is -0.325 e. The zero-order valence-corrected chi connectivity index (χ0v) is 19.2. The Balaban J connectivity index is 1.54. The van der Waals surface area contributed by atoms with E-state index in [-0.39, 0.29) is 28.0 Å². The summed E-state index contributed by atoms with van der Waals surface area (Å²) in [5.74, 6) is -0.351. The third-order valence-electron chi connectivity index (χ3n) is 5.32. The standard InChI is InChI=1S/C24H22ClN3O4S/c25-18-8-13-22(21(16-18)23(29)17-6-2-1-3-7-17)27-33(31,32)20-11-9-19(10-12-20)26-24(30)28-14-4-5-15-28/h1-3,6-13,16,27H,4-5,14-15H2,(H,26,30). The van der Waals surface area contributed by atoms with Crippen molar-refractivity contribution < 1.29 is 18.0 Å². The predicted molar refractivity (Wildman–Crippen MR) is 128 cm³/mol. The zero-order valence-electron chi connectivity index (χ0n) is 17.6. The fourth-order valence-electron chi connectivity index (χ4n) is 3.58.